The van der Waals surface area contributed by atoms with Crippen molar-refractivity contribution in [3.05, 3.63) is 54.0 Å². The number of ether oxygens (including phenoxy) is 3. The van der Waals surface area contributed by atoms with Crippen molar-refractivity contribution in [2.24, 2.45) is 0 Å². The molecule has 0 saturated heterocycles. The minimum Gasteiger partial charge on any atom is -0.486 e. The SMILES string of the molecule is COCc1nn2c(c1-c1ccc(F)cc1)NC(=O)C2CC(=O)Nc1ccc2c(c1)OCCO2. The predicted molar refractivity (Wildman–Crippen MR) is 117 cm³/mol. The Morgan fingerprint density at radius 1 is 1.21 bits per heavy atom. The molecule has 0 aliphatic carbocycles. The van der Waals surface area contributed by atoms with Crippen molar-refractivity contribution in [3.63, 3.8) is 0 Å². The van der Waals surface area contributed by atoms with E-state index in [1.165, 1.54) is 23.9 Å². The molecule has 2 aliphatic heterocycles. The molecule has 2 amide bonds. The Hall–Kier alpha value is -3.92. The van der Waals surface area contributed by atoms with E-state index >= 15 is 0 Å². The van der Waals surface area contributed by atoms with Crippen molar-refractivity contribution in [1.29, 1.82) is 0 Å². The average molecular weight is 452 g/mol. The molecule has 1 unspecified atom stereocenters. The fraction of sp³-hybridized carbons (Fsp3) is 0.261. The highest BCUT2D eigenvalue weighted by Crippen LogP contribution is 2.39. The Morgan fingerprint density at radius 3 is 2.73 bits per heavy atom. The van der Waals surface area contributed by atoms with Gasteiger partial charge in [-0.05, 0) is 29.8 Å². The number of methoxy groups -OCH3 is 1. The van der Waals surface area contributed by atoms with Gasteiger partial charge in [0.1, 0.15) is 30.9 Å². The Balaban J connectivity index is 1.38. The van der Waals surface area contributed by atoms with Gasteiger partial charge in [-0.1, -0.05) is 12.1 Å². The average Bonchev–Trinajstić information content (AvgIpc) is 3.29. The second kappa shape index (κ2) is 8.55. The fourth-order valence-electron chi connectivity index (χ4n) is 3.98. The van der Waals surface area contributed by atoms with Crippen LogP contribution in [0, 0.1) is 5.82 Å². The number of rotatable bonds is 6. The summed E-state index contributed by atoms with van der Waals surface area (Å²) in [6.45, 7) is 1.11. The third-order valence-electron chi connectivity index (χ3n) is 5.44. The summed E-state index contributed by atoms with van der Waals surface area (Å²) in [6, 6.07) is 10.2. The molecule has 2 aromatic carbocycles. The number of carbonyl (C=O) groups excluding carboxylic acids is 2. The summed E-state index contributed by atoms with van der Waals surface area (Å²) in [4.78, 5) is 25.4. The molecule has 9 nitrogen and oxygen atoms in total. The number of carbonyl (C=O) groups is 2. The molecule has 0 radical (unpaired) electrons. The molecule has 33 heavy (non-hydrogen) atoms. The minimum absolute atomic E-state index is 0.121. The predicted octanol–water partition coefficient (Wildman–Crippen LogP) is 3.13. The first-order valence-corrected chi connectivity index (χ1v) is 10.4. The highest BCUT2D eigenvalue weighted by molar-refractivity contribution is 6.04. The Labute approximate surface area is 188 Å². The van der Waals surface area contributed by atoms with Crippen molar-refractivity contribution < 1.29 is 28.2 Å². The van der Waals surface area contributed by atoms with Gasteiger partial charge in [-0.15, -0.1) is 0 Å². The van der Waals surface area contributed by atoms with Gasteiger partial charge in [0.05, 0.1) is 18.7 Å². The summed E-state index contributed by atoms with van der Waals surface area (Å²) < 4.78 is 31.2. The van der Waals surface area contributed by atoms with Gasteiger partial charge in [-0.2, -0.15) is 5.10 Å². The van der Waals surface area contributed by atoms with E-state index in [4.69, 9.17) is 14.2 Å². The molecule has 2 aliphatic rings. The third-order valence-corrected chi connectivity index (χ3v) is 5.44. The highest BCUT2D eigenvalue weighted by Gasteiger charge is 2.37. The van der Waals surface area contributed by atoms with E-state index in [1.54, 1.807) is 30.3 Å². The zero-order chi connectivity index (χ0) is 22.9. The summed E-state index contributed by atoms with van der Waals surface area (Å²) in [6.07, 6.45) is -0.121. The molecule has 1 aromatic heterocycles. The van der Waals surface area contributed by atoms with Crippen molar-refractivity contribution >= 4 is 23.3 Å². The number of halogens is 1. The molecule has 170 valence electrons. The van der Waals surface area contributed by atoms with E-state index in [0.717, 1.165) is 0 Å². The number of aromatic nitrogens is 2. The summed E-state index contributed by atoms with van der Waals surface area (Å²) in [5, 5.41) is 10.1. The van der Waals surface area contributed by atoms with Gasteiger partial charge < -0.3 is 24.8 Å². The van der Waals surface area contributed by atoms with Crippen LogP contribution in [0.4, 0.5) is 15.9 Å². The van der Waals surface area contributed by atoms with Crippen LogP contribution in [-0.2, 0) is 20.9 Å². The second-order valence-corrected chi connectivity index (χ2v) is 7.67. The van der Waals surface area contributed by atoms with Crippen molar-refractivity contribution in [2.75, 3.05) is 31.0 Å². The van der Waals surface area contributed by atoms with Crippen LogP contribution >= 0.6 is 0 Å². The summed E-state index contributed by atoms with van der Waals surface area (Å²) in [5.41, 5.74) is 2.44. The topological polar surface area (TPSA) is 104 Å². The number of fused-ring (bicyclic) bond motifs is 2. The Morgan fingerprint density at radius 2 is 1.97 bits per heavy atom. The fourth-order valence-corrected chi connectivity index (χ4v) is 3.98. The number of nitrogens with zero attached hydrogens (tertiary/aromatic N) is 2. The van der Waals surface area contributed by atoms with Crippen LogP contribution < -0.4 is 20.1 Å². The Bertz CT molecular complexity index is 1220. The van der Waals surface area contributed by atoms with Crippen LogP contribution in [0.2, 0.25) is 0 Å². The lowest BCUT2D eigenvalue weighted by Crippen LogP contribution is -2.24. The molecular weight excluding hydrogens is 431 g/mol. The molecule has 10 heteroatoms. The van der Waals surface area contributed by atoms with Gasteiger partial charge in [0, 0.05) is 24.4 Å². The number of amides is 2. The van der Waals surface area contributed by atoms with E-state index in [0.29, 0.717) is 53.0 Å². The maximum absolute atomic E-state index is 13.4. The number of benzene rings is 2. The number of anilines is 2. The van der Waals surface area contributed by atoms with Crippen molar-refractivity contribution in [1.82, 2.24) is 9.78 Å². The highest BCUT2D eigenvalue weighted by atomic mass is 19.1. The normalized spacial score (nSPS) is 16.3. The molecular formula is C23H21FN4O5. The van der Waals surface area contributed by atoms with E-state index in [1.807, 2.05) is 0 Å². The lowest BCUT2D eigenvalue weighted by atomic mass is 10.1. The maximum Gasteiger partial charge on any atom is 0.251 e. The quantitative estimate of drug-likeness (QED) is 0.596. The van der Waals surface area contributed by atoms with Crippen molar-refractivity contribution in [2.45, 2.75) is 19.1 Å². The molecule has 3 aromatic rings. The van der Waals surface area contributed by atoms with Gasteiger partial charge >= 0.3 is 0 Å². The molecule has 0 bridgehead atoms. The molecule has 0 spiro atoms. The molecule has 3 heterocycles. The van der Waals surface area contributed by atoms with Crippen LogP contribution in [0.25, 0.3) is 11.1 Å². The maximum atomic E-state index is 13.4. The molecule has 1 atom stereocenters. The first-order chi connectivity index (χ1) is 16.0. The summed E-state index contributed by atoms with van der Waals surface area (Å²) in [5.74, 6) is 0.563. The molecule has 0 saturated carbocycles. The zero-order valence-corrected chi connectivity index (χ0v) is 17.8. The largest absolute Gasteiger partial charge is 0.486 e. The summed E-state index contributed by atoms with van der Waals surface area (Å²) in [7, 11) is 1.54. The van der Waals surface area contributed by atoms with E-state index < -0.39 is 6.04 Å². The molecule has 2 N–H and O–H groups in total. The van der Waals surface area contributed by atoms with Gasteiger partial charge in [0.25, 0.3) is 5.91 Å². The van der Waals surface area contributed by atoms with Crippen molar-refractivity contribution in [3.8, 4) is 22.6 Å². The Kier molecular flexibility index (Phi) is 5.43. The molecule has 0 fully saturated rings. The van der Waals surface area contributed by atoms with E-state index in [2.05, 4.69) is 15.7 Å². The second-order valence-electron chi connectivity index (χ2n) is 7.67. The number of hydrogen-bond donors (Lipinski definition) is 2. The minimum atomic E-state index is -0.831. The van der Waals surface area contributed by atoms with Gasteiger partial charge in [-0.25, -0.2) is 9.07 Å². The molecule has 5 rings (SSSR count). The first kappa shape index (κ1) is 21.0. The van der Waals surface area contributed by atoms with E-state index in [9.17, 15) is 14.0 Å². The monoisotopic (exact) mass is 452 g/mol. The van der Waals surface area contributed by atoms with Crippen LogP contribution in [0.5, 0.6) is 11.5 Å². The smallest absolute Gasteiger partial charge is 0.251 e. The third kappa shape index (κ3) is 4.00. The number of hydrogen-bond acceptors (Lipinski definition) is 6. The zero-order valence-electron chi connectivity index (χ0n) is 17.8. The number of nitrogens with one attached hydrogen (secondary N) is 2. The van der Waals surface area contributed by atoms with Gasteiger partial charge in [0.2, 0.25) is 5.91 Å². The van der Waals surface area contributed by atoms with Crippen LogP contribution in [-0.4, -0.2) is 41.9 Å². The summed E-state index contributed by atoms with van der Waals surface area (Å²) >= 11 is 0. The first-order valence-electron chi connectivity index (χ1n) is 10.4. The van der Waals surface area contributed by atoms with Crippen LogP contribution in [0.15, 0.2) is 42.5 Å². The van der Waals surface area contributed by atoms with Crippen LogP contribution in [0.3, 0.4) is 0 Å². The van der Waals surface area contributed by atoms with Crippen LogP contribution in [0.1, 0.15) is 18.2 Å². The van der Waals surface area contributed by atoms with Gasteiger partial charge in [0.15, 0.2) is 11.5 Å². The van der Waals surface area contributed by atoms with E-state index in [-0.39, 0.29) is 30.7 Å². The lowest BCUT2D eigenvalue weighted by Gasteiger charge is -2.19. The standard InChI is InChI=1S/C23H21FN4O5/c1-31-12-16-21(13-2-4-14(24)5-3-13)22-26-23(30)17(28(22)27-16)11-20(29)25-15-6-7-18-19(10-15)33-9-8-32-18/h2-7,10,17H,8-9,11-12H2,1H3,(H,25,29)(H,26,30). The van der Waals surface area contributed by atoms with Gasteiger partial charge in [-0.3, -0.25) is 9.59 Å². The lowest BCUT2D eigenvalue weighted by molar-refractivity contribution is -0.123.